The van der Waals surface area contributed by atoms with Crippen molar-refractivity contribution in [3.8, 4) is 0 Å². The largest absolute Gasteiger partial charge is 0.357 e. The van der Waals surface area contributed by atoms with Gasteiger partial charge < -0.3 is 20.1 Å². The van der Waals surface area contributed by atoms with Crippen LogP contribution in [0, 0.1) is 5.41 Å². The van der Waals surface area contributed by atoms with Gasteiger partial charge in [0.1, 0.15) is 11.9 Å². The Hall–Kier alpha value is -2.15. The Balaban J connectivity index is 2.00. The van der Waals surface area contributed by atoms with Crippen LogP contribution in [0.1, 0.15) is 81.3 Å². The number of amides is 2. The minimum Gasteiger partial charge on any atom is -0.357 e. The van der Waals surface area contributed by atoms with E-state index in [-0.39, 0.29) is 11.8 Å². The fourth-order valence-electron chi connectivity index (χ4n) is 4.39. The van der Waals surface area contributed by atoms with E-state index in [1.165, 1.54) is 18.4 Å². The summed E-state index contributed by atoms with van der Waals surface area (Å²) in [5, 5.41) is 5.65. The van der Waals surface area contributed by atoms with E-state index >= 15 is 0 Å². The normalized spacial score (nSPS) is 19.2. The van der Waals surface area contributed by atoms with Crippen molar-refractivity contribution in [3.05, 3.63) is 23.3 Å². The first-order chi connectivity index (χ1) is 14.2. The van der Waals surface area contributed by atoms with Gasteiger partial charge in [-0.2, -0.15) is 0 Å². The van der Waals surface area contributed by atoms with Crippen LogP contribution in [0.4, 0.5) is 0 Å². The van der Waals surface area contributed by atoms with Gasteiger partial charge in [-0.1, -0.05) is 33.3 Å². The average Bonchev–Trinajstić information content (AvgIpc) is 2.88. The van der Waals surface area contributed by atoms with Crippen LogP contribution in [-0.2, 0) is 17.9 Å². The van der Waals surface area contributed by atoms with Gasteiger partial charge in [-0.3, -0.25) is 9.59 Å². The quantitative estimate of drug-likeness (QED) is 0.792. The van der Waals surface area contributed by atoms with Gasteiger partial charge in [0.15, 0.2) is 5.69 Å². The zero-order valence-electron chi connectivity index (χ0n) is 19.2. The van der Waals surface area contributed by atoms with Gasteiger partial charge in [0.25, 0.3) is 5.91 Å². The molecule has 7 nitrogen and oxygen atoms in total. The number of likely N-dealkylation sites (N-methyl/N-ethyl adjacent to an activating group) is 1. The van der Waals surface area contributed by atoms with Crippen molar-refractivity contribution in [1.82, 2.24) is 25.1 Å². The molecule has 2 N–H and O–H groups in total. The summed E-state index contributed by atoms with van der Waals surface area (Å²) in [6, 6.07) is -0.628. The third-order valence-corrected chi connectivity index (χ3v) is 6.11. The number of carbonyl (C=O) groups excluding carboxylic acids is 2. The van der Waals surface area contributed by atoms with E-state index < -0.39 is 11.5 Å². The molecule has 0 fully saturated rings. The maximum Gasteiger partial charge on any atom is 0.272 e. The van der Waals surface area contributed by atoms with Crippen molar-refractivity contribution >= 4 is 17.4 Å². The number of imidazole rings is 1. The number of nitrogens with one attached hydrogen (secondary N) is 2. The summed E-state index contributed by atoms with van der Waals surface area (Å²) in [5.74, 6) is 0.489. The molecule has 166 valence electrons. The highest BCUT2D eigenvalue weighted by atomic mass is 16.2. The summed E-state index contributed by atoms with van der Waals surface area (Å²) in [4.78, 5) is 32.9. The van der Waals surface area contributed by atoms with Crippen molar-refractivity contribution in [2.75, 3.05) is 20.6 Å². The number of fused-ring (bicyclic) bond motifs is 1. The summed E-state index contributed by atoms with van der Waals surface area (Å²) in [6.45, 7) is 8.40. The monoisotopic (exact) mass is 415 g/mol. The van der Waals surface area contributed by atoms with Gasteiger partial charge in [-0.15, -0.1) is 0 Å². The molecule has 0 saturated carbocycles. The maximum atomic E-state index is 13.4. The highest BCUT2D eigenvalue weighted by Gasteiger charge is 2.34. The molecule has 1 aromatic heterocycles. The molecule has 2 heterocycles. The molecule has 3 rings (SSSR count). The Morgan fingerprint density at radius 1 is 1.13 bits per heavy atom. The molecule has 7 heteroatoms. The summed E-state index contributed by atoms with van der Waals surface area (Å²) in [5.41, 5.74) is 2.27. The van der Waals surface area contributed by atoms with E-state index in [1.54, 1.807) is 7.05 Å². The van der Waals surface area contributed by atoms with Crippen LogP contribution < -0.4 is 10.6 Å². The second kappa shape index (κ2) is 9.33. The van der Waals surface area contributed by atoms with Crippen LogP contribution in [0.15, 0.2) is 6.08 Å². The fraction of sp³-hybridized carbons (Fsp3) is 0.696. The van der Waals surface area contributed by atoms with Gasteiger partial charge >= 0.3 is 0 Å². The minimum absolute atomic E-state index is 0.190. The highest BCUT2D eigenvalue weighted by molar-refractivity contribution is 5.97. The van der Waals surface area contributed by atoms with Crippen molar-refractivity contribution in [2.45, 2.75) is 78.4 Å². The molecule has 2 aliphatic rings. The molecule has 1 aromatic rings. The van der Waals surface area contributed by atoms with Crippen molar-refractivity contribution in [1.29, 1.82) is 0 Å². The van der Waals surface area contributed by atoms with Gasteiger partial charge in [0.05, 0.1) is 5.69 Å². The minimum atomic E-state index is -0.628. The predicted octanol–water partition coefficient (Wildman–Crippen LogP) is 2.96. The van der Waals surface area contributed by atoms with E-state index in [0.717, 1.165) is 50.3 Å². The molecule has 0 radical (unpaired) electrons. The first-order valence-electron chi connectivity index (χ1n) is 11.2. The Labute approximate surface area is 180 Å². The lowest BCUT2D eigenvalue weighted by atomic mass is 9.86. The van der Waals surface area contributed by atoms with Gasteiger partial charge in [-0.25, -0.2) is 4.98 Å². The molecule has 0 spiro atoms. The number of nitrogens with zero attached hydrogens (tertiary/aromatic N) is 3. The number of allylic oxidation sites excluding steroid dienone is 2. The summed E-state index contributed by atoms with van der Waals surface area (Å²) in [6.07, 6.45) is 9.04. The molecule has 0 bridgehead atoms. The van der Waals surface area contributed by atoms with E-state index in [4.69, 9.17) is 4.98 Å². The predicted molar refractivity (Wildman–Crippen MR) is 119 cm³/mol. The Bertz CT molecular complexity index is 818. The van der Waals surface area contributed by atoms with E-state index in [0.29, 0.717) is 12.2 Å². The molecular weight excluding hydrogens is 378 g/mol. The van der Waals surface area contributed by atoms with Crippen molar-refractivity contribution in [3.63, 3.8) is 0 Å². The third kappa shape index (κ3) is 4.94. The van der Waals surface area contributed by atoms with Crippen LogP contribution in [0.5, 0.6) is 0 Å². The molecule has 0 unspecified atom stereocenters. The molecular formula is C23H37N5O2. The lowest BCUT2D eigenvalue weighted by Crippen LogP contribution is -2.53. The van der Waals surface area contributed by atoms with Crippen LogP contribution in [0.25, 0.3) is 5.57 Å². The third-order valence-electron chi connectivity index (χ3n) is 6.11. The maximum absolute atomic E-state index is 13.4. The standard InChI is InChI=1S/C23H37N5O2/c1-23(2,3)19(22(30)24-4)26-21(29)18-17-15-27(5)13-10-14-28(17)20(25-18)16-11-8-6-7-9-12-16/h11,19H,6-10,12-15H2,1-5H3,(H,24,30)(H,26,29)/t19-/m1/s1. The van der Waals surface area contributed by atoms with Crippen molar-refractivity contribution in [2.24, 2.45) is 5.41 Å². The van der Waals surface area contributed by atoms with Gasteiger partial charge in [0.2, 0.25) is 5.91 Å². The lowest BCUT2D eigenvalue weighted by Gasteiger charge is -2.29. The first kappa shape index (κ1) is 22.5. The molecule has 0 aromatic carbocycles. The lowest BCUT2D eigenvalue weighted by molar-refractivity contribution is -0.124. The zero-order chi connectivity index (χ0) is 21.9. The summed E-state index contributed by atoms with van der Waals surface area (Å²) < 4.78 is 2.25. The average molecular weight is 416 g/mol. The van der Waals surface area contributed by atoms with E-state index in [2.05, 4.69) is 33.2 Å². The zero-order valence-corrected chi connectivity index (χ0v) is 19.2. The molecule has 30 heavy (non-hydrogen) atoms. The SMILES string of the molecule is CNC(=O)[C@@H](NC(=O)c1nc(C2=CCCCCC2)n2c1CN(C)CCC2)C(C)(C)C. The number of hydrogen-bond acceptors (Lipinski definition) is 4. The molecule has 1 atom stereocenters. The number of rotatable bonds is 4. The van der Waals surface area contributed by atoms with E-state index in [9.17, 15) is 9.59 Å². The van der Waals surface area contributed by atoms with Crippen LogP contribution in [-0.4, -0.2) is 52.9 Å². The molecule has 1 aliphatic heterocycles. The first-order valence-corrected chi connectivity index (χ1v) is 11.2. The summed E-state index contributed by atoms with van der Waals surface area (Å²) >= 11 is 0. The second-order valence-electron chi connectivity index (χ2n) is 9.69. The Kier molecular flexibility index (Phi) is 7.01. The van der Waals surface area contributed by atoms with E-state index in [1.807, 2.05) is 20.8 Å². The molecule has 0 saturated heterocycles. The topological polar surface area (TPSA) is 79.3 Å². The second-order valence-corrected chi connectivity index (χ2v) is 9.69. The van der Waals surface area contributed by atoms with Gasteiger partial charge in [0, 0.05) is 20.1 Å². The fourth-order valence-corrected chi connectivity index (χ4v) is 4.39. The van der Waals surface area contributed by atoms with Crippen LogP contribution in [0.2, 0.25) is 0 Å². The Morgan fingerprint density at radius 3 is 2.60 bits per heavy atom. The number of carbonyl (C=O) groups is 2. The van der Waals surface area contributed by atoms with Crippen LogP contribution in [0.3, 0.4) is 0 Å². The highest BCUT2D eigenvalue weighted by Crippen LogP contribution is 2.29. The number of hydrogen-bond donors (Lipinski definition) is 2. The van der Waals surface area contributed by atoms with Gasteiger partial charge in [-0.05, 0) is 56.7 Å². The number of aromatic nitrogens is 2. The van der Waals surface area contributed by atoms with Crippen molar-refractivity contribution < 1.29 is 9.59 Å². The van der Waals surface area contributed by atoms with Crippen LogP contribution >= 0.6 is 0 Å². The Morgan fingerprint density at radius 2 is 1.90 bits per heavy atom. The summed E-state index contributed by atoms with van der Waals surface area (Å²) in [7, 11) is 3.68. The smallest absolute Gasteiger partial charge is 0.272 e. The molecule has 1 aliphatic carbocycles. The molecule has 2 amide bonds.